The van der Waals surface area contributed by atoms with Crippen LogP contribution in [0.3, 0.4) is 0 Å². The summed E-state index contributed by atoms with van der Waals surface area (Å²) in [5, 5.41) is 7.07. The lowest BCUT2D eigenvalue weighted by Gasteiger charge is -2.43. The molecule has 5 heterocycles. The van der Waals surface area contributed by atoms with Crippen molar-refractivity contribution in [2.24, 2.45) is 5.92 Å². The summed E-state index contributed by atoms with van der Waals surface area (Å²) in [4.78, 5) is 25.3. The van der Waals surface area contributed by atoms with Crippen molar-refractivity contribution in [2.75, 3.05) is 33.4 Å². The van der Waals surface area contributed by atoms with Gasteiger partial charge in [0.2, 0.25) is 0 Å². The Morgan fingerprint density at radius 2 is 2.16 bits per heavy atom. The van der Waals surface area contributed by atoms with Gasteiger partial charge < -0.3 is 9.72 Å². The minimum Gasteiger partial charge on any atom is -0.384 e. The lowest BCUT2D eigenvalue weighted by molar-refractivity contribution is -0.137. The number of nitrogens with one attached hydrogen (secondary N) is 1. The maximum Gasteiger partial charge on any atom is 0.151 e. The maximum absolute atomic E-state index is 13.0. The SMILES string of the molecule is CCC(=O)C1CC(c2ccnc3cnc4[nH]ccc4c23)CCN1N1CCC(COC)C1. The smallest absolute Gasteiger partial charge is 0.151 e. The number of hydrogen-bond acceptors (Lipinski definition) is 6. The van der Waals surface area contributed by atoms with Crippen LogP contribution < -0.4 is 0 Å². The Labute approximate surface area is 182 Å². The number of carbonyl (C=O) groups excluding carboxylic acids is 1. The first-order valence-electron chi connectivity index (χ1n) is 11.4. The van der Waals surface area contributed by atoms with Crippen molar-refractivity contribution in [2.45, 2.75) is 44.6 Å². The van der Waals surface area contributed by atoms with Gasteiger partial charge in [-0.1, -0.05) is 6.92 Å². The number of fused-ring (bicyclic) bond motifs is 3. The molecule has 0 bridgehead atoms. The van der Waals surface area contributed by atoms with Crippen LogP contribution in [0.2, 0.25) is 0 Å². The highest BCUT2D eigenvalue weighted by molar-refractivity contribution is 6.05. The van der Waals surface area contributed by atoms with Gasteiger partial charge in [-0.25, -0.2) is 15.0 Å². The van der Waals surface area contributed by atoms with Crippen LogP contribution in [0, 0.1) is 5.92 Å². The van der Waals surface area contributed by atoms with Crippen molar-refractivity contribution in [3.05, 3.63) is 36.3 Å². The fraction of sp³-hybridized carbons (Fsp3) is 0.542. The van der Waals surface area contributed by atoms with E-state index in [0.29, 0.717) is 24.0 Å². The summed E-state index contributed by atoms with van der Waals surface area (Å²) in [7, 11) is 1.77. The van der Waals surface area contributed by atoms with Crippen LogP contribution in [0.15, 0.2) is 30.7 Å². The van der Waals surface area contributed by atoms with Crippen LogP contribution >= 0.6 is 0 Å². The van der Waals surface area contributed by atoms with E-state index in [1.165, 1.54) is 10.9 Å². The summed E-state index contributed by atoms with van der Waals surface area (Å²) in [6, 6.07) is 4.17. The summed E-state index contributed by atoms with van der Waals surface area (Å²) < 4.78 is 5.38. The van der Waals surface area contributed by atoms with E-state index in [1.54, 1.807) is 7.11 Å². The predicted octanol–water partition coefficient (Wildman–Crippen LogP) is 3.52. The average Bonchev–Trinajstić information content (AvgIpc) is 3.47. The number of Topliss-reactive ketones (excluding diaryl/α,β-unsaturated/α-hetero) is 1. The van der Waals surface area contributed by atoms with E-state index >= 15 is 0 Å². The molecule has 0 radical (unpaired) electrons. The molecule has 3 aromatic heterocycles. The maximum atomic E-state index is 13.0. The Morgan fingerprint density at radius 1 is 1.26 bits per heavy atom. The third-order valence-electron chi connectivity index (χ3n) is 7.09. The van der Waals surface area contributed by atoms with E-state index in [-0.39, 0.29) is 6.04 Å². The highest BCUT2D eigenvalue weighted by Crippen LogP contribution is 2.38. The largest absolute Gasteiger partial charge is 0.384 e. The Kier molecular flexibility index (Phi) is 5.73. The van der Waals surface area contributed by atoms with Crippen molar-refractivity contribution in [1.82, 2.24) is 25.0 Å². The van der Waals surface area contributed by atoms with Crippen LogP contribution in [-0.4, -0.2) is 70.1 Å². The van der Waals surface area contributed by atoms with E-state index in [0.717, 1.165) is 62.1 Å². The van der Waals surface area contributed by atoms with Gasteiger partial charge in [0.15, 0.2) is 5.78 Å². The number of rotatable bonds is 6. The number of hydrazine groups is 1. The molecule has 3 atom stereocenters. The molecule has 2 aliphatic rings. The molecular formula is C24H31N5O2. The standard InChI is InChI=1S/C24H31N5O2/c1-3-22(30)21-12-17(7-11-29(21)28-10-6-16(14-28)15-31-2)18-4-8-25-20-13-27-24-19(23(18)20)5-9-26-24/h4-5,8-9,13,16-17,21H,3,6-7,10-12,14-15H2,1-2H3,(H,26,27). The zero-order valence-corrected chi connectivity index (χ0v) is 18.4. The second kappa shape index (κ2) is 8.65. The Balaban J connectivity index is 1.45. The number of ether oxygens (including phenoxy) is 1. The van der Waals surface area contributed by atoms with Crippen LogP contribution in [-0.2, 0) is 9.53 Å². The molecule has 3 aromatic rings. The first kappa shape index (κ1) is 20.5. The normalized spacial score (nSPS) is 25.5. The fourth-order valence-corrected chi connectivity index (χ4v) is 5.54. The fourth-order valence-electron chi connectivity index (χ4n) is 5.54. The molecule has 5 rings (SSSR count). The molecule has 2 saturated heterocycles. The van der Waals surface area contributed by atoms with Crippen molar-refractivity contribution in [3.63, 3.8) is 0 Å². The van der Waals surface area contributed by atoms with E-state index in [4.69, 9.17) is 4.74 Å². The zero-order valence-electron chi connectivity index (χ0n) is 18.4. The van der Waals surface area contributed by atoms with Gasteiger partial charge in [-0.05, 0) is 48.8 Å². The number of ketones is 1. The molecule has 2 aliphatic heterocycles. The molecule has 7 nitrogen and oxygen atoms in total. The van der Waals surface area contributed by atoms with Crippen molar-refractivity contribution < 1.29 is 9.53 Å². The van der Waals surface area contributed by atoms with Gasteiger partial charge in [0.05, 0.1) is 24.4 Å². The molecule has 164 valence electrons. The third kappa shape index (κ3) is 3.75. The Hall–Kier alpha value is -2.35. The molecule has 0 aromatic carbocycles. The van der Waals surface area contributed by atoms with Gasteiger partial charge in [-0.15, -0.1) is 0 Å². The van der Waals surface area contributed by atoms with Crippen molar-refractivity contribution in [3.8, 4) is 0 Å². The molecule has 0 aliphatic carbocycles. The molecule has 0 amide bonds. The quantitative estimate of drug-likeness (QED) is 0.656. The second-order valence-corrected chi connectivity index (χ2v) is 8.90. The number of piperidine rings is 1. The lowest BCUT2D eigenvalue weighted by atomic mass is 9.82. The zero-order chi connectivity index (χ0) is 21.4. The molecule has 0 saturated carbocycles. The molecule has 31 heavy (non-hydrogen) atoms. The van der Waals surface area contributed by atoms with Gasteiger partial charge in [-0.2, -0.15) is 0 Å². The topological polar surface area (TPSA) is 74.4 Å². The van der Waals surface area contributed by atoms with Crippen LogP contribution in [0.5, 0.6) is 0 Å². The minimum atomic E-state index is -0.0585. The third-order valence-corrected chi connectivity index (χ3v) is 7.09. The molecule has 2 fully saturated rings. The molecule has 0 spiro atoms. The number of pyridine rings is 2. The van der Waals surface area contributed by atoms with Gasteiger partial charge in [-0.3, -0.25) is 9.78 Å². The van der Waals surface area contributed by atoms with Gasteiger partial charge in [0.25, 0.3) is 0 Å². The summed E-state index contributed by atoms with van der Waals surface area (Å²) in [5.74, 6) is 1.23. The van der Waals surface area contributed by atoms with E-state index in [2.05, 4.69) is 37.1 Å². The van der Waals surface area contributed by atoms with Gasteiger partial charge in [0.1, 0.15) is 5.65 Å². The van der Waals surface area contributed by atoms with E-state index < -0.39 is 0 Å². The monoisotopic (exact) mass is 421 g/mol. The van der Waals surface area contributed by atoms with Crippen LogP contribution in [0.1, 0.15) is 44.1 Å². The van der Waals surface area contributed by atoms with E-state index in [1.807, 2.05) is 25.5 Å². The molecule has 3 unspecified atom stereocenters. The van der Waals surface area contributed by atoms with Crippen molar-refractivity contribution in [1.29, 1.82) is 0 Å². The highest BCUT2D eigenvalue weighted by atomic mass is 16.5. The van der Waals surface area contributed by atoms with Gasteiger partial charge >= 0.3 is 0 Å². The number of H-pyrrole nitrogens is 1. The number of hydrogen-bond donors (Lipinski definition) is 1. The van der Waals surface area contributed by atoms with E-state index in [9.17, 15) is 4.79 Å². The average molecular weight is 422 g/mol. The molecule has 1 N–H and O–H groups in total. The molecule has 7 heteroatoms. The lowest BCUT2D eigenvalue weighted by Crippen LogP contribution is -2.54. The minimum absolute atomic E-state index is 0.0585. The first-order chi connectivity index (χ1) is 15.2. The van der Waals surface area contributed by atoms with Crippen molar-refractivity contribution >= 4 is 27.7 Å². The summed E-state index contributed by atoms with van der Waals surface area (Å²) in [5.41, 5.74) is 3.11. The predicted molar refractivity (Wildman–Crippen MR) is 121 cm³/mol. The van der Waals surface area contributed by atoms with Gasteiger partial charge in [0, 0.05) is 56.3 Å². The molecular weight excluding hydrogens is 390 g/mol. The summed E-state index contributed by atoms with van der Waals surface area (Å²) in [6.45, 7) is 5.69. The number of aromatic amines is 1. The number of aromatic nitrogens is 3. The summed E-state index contributed by atoms with van der Waals surface area (Å²) in [6.07, 6.45) is 9.26. The summed E-state index contributed by atoms with van der Waals surface area (Å²) >= 11 is 0. The Morgan fingerprint density at radius 3 is 3.00 bits per heavy atom. The Bertz CT molecular complexity index is 1080. The highest BCUT2D eigenvalue weighted by Gasteiger charge is 2.39. The number of nitrogens with zero attached hydrogens (tertiary/aromatic N) is 4. The number of methoxy groups -OCH3 is 1. The van der Waals surface area contributed by atoms with Crippen LogP contribution in [0.4, 0.5) is 0 Å². The second-order valence-electron chi connectivity index (χ2n) is 8.90. The first-order valence-corrected chi connectivity index (χ1v) is 11.4. The number of carbonyl (C=O) groups is 1. The van der Waals surface area contributed by atoms with Crippen LogP contribution in [0.25, 0.3) is 21.9 Å².